The molecule has 0 radical (unpaired) electrons. The van der Waals surface area contributed by atoms with Gasteiger partial charge < -0.3 is 15.0 Å². The molecule has 0 atom stereocenters. The fourth-order valence-corrected chi connectivity index (χ4v) is 3.06. The molecule has 0 unspecified atom stereocenters. The predicted octanol–water partition coefficient (Wildman–Crippen LogP) is 2.83. The van der Waals surface area contributed by atoms with Gasteiger partial charge in [0.25, 0.3) is 11.8 Å². The molecule has 142 valence electrons. The molecule has 0 spiro atoms. The summed E-state index contributed by atoms with van der Waals surface area (Å²) in [6.07, 6.45) is 0. The summed E-state index contributed by atoms with van der Waals surface area (Å²) < 4.78 is 20.2. The van der Waals surface area contributed by atoms with E-state index < -0.39 is 5.91 Å². The second-order valence-electron chi connectivity index (χ2n) is 6.39. The van der Waals surface area contributed by atoms with Crippen LogP contribution in [0.1, 0.15) is 10.5 Å². The molecule has 4 rings (SSSR count). The van der Waals surface area contributed by atoms with Gasteiger partial charge in [-0.2, -0.15) is 5.10 Å². The number of nitrogens with zero attached hydrogens (tertiary/aromatic N) is 3. The minimum absolute atomic E-state index is 0.0886. The van der Waals surface area contributed by atoms with Gasteiger partial charge in [-0.1, -0.05) is 6.07 Å². The van der Waals surface area contributed by atoms with Gasteiger partial charge in [0.2, 0.25) is 0 Å². The predicted molar refractivity (Wildman–Crippen MR) is 102 cm³/mol. The van der Waals surface area contributed by atoms with Gasteiger partial charge in [0.05, 0.1) is 17.1 Å². The molecule has 8 heteroatoms. The average molecular weight is 380 g/mol. The van der Waals surface area contributed by atoms with Crippen molar-refractivity contribution in [2.75, 3.05) is 23.9 Å². The van der Waals surface area contributed by atoms with Gasteiger partial charge >= 0.3 is 0 Å². The number of nitrogens with one attached hydrogen (secondary N) is 1. The lowest BCUT2D eigenvalue weighted by molar-refractivity contribution is -0.120. The summed E-state index contributed by atoms with van der Waals surface area (Å²) in [6.45, 7) is -0.0886. The number of fused-ring (bicyclic) bond motifs is 1. The Labute approximate surface area is 160 Å². The SMILES string of the molecule is CN1C(=O)COc2c(NC(=O)c3cc(-c4ccc(F)cc4)n(C)n3)cccc21. The Hall–Kier alpha value is -3.68. The highest BCUT2D eigenvalue weighted by Gasteiger charge is 2.25. The van der Waals surface area contributed by atoms with Gasteiger partial charge in [0.1, 0.15) is 5.82 Å². The van der Waals surface area contributed by atoms with Crippen molar-refractivity contribution in [1.82, 2.24) is 9.78 Å². The minimum atomic E-state index is -0.416. The van der Waals surface area contributed by atoms with Gasteiger partial charge in [0, 0.05) is 14.1 Å². The molecule has 0 bridgehead atoms. The van der Waals surface area contributed by atoms with Crippen molar-refractivity contribution in [3.05, 3.63) is 60.0 Å². The molecule has 7 nitrogen and oxygen atoms in total. The molecule has 2 aromatic carbocycles. The molecule has 28 heavy (non-hydrogen) atoms. The molecular formula is C20H17FN4O3. The number of aryl methyl sites for hydroxylation is 1. The number of amides is 2. The number of anilines is 2. The number of likely N-dealkylation sites (N-methyl/N-ethyl adjacent to an activating group) is 1. The summed E-state index contributed by atoms with van der Waals surface area (Å²) in [5.41, 5.74) is 2.68. The summed E-state index contributed by atoms with van der Waals surface area (Å²) in [5.74, 6) is -0.473. The van der Waals surface area contributed by atoms with Crippen LogP contribution in [0.4, 0.5) is 15.8 Å². The normalized spacial score (nSPS) is 13.1. The summed E-state index contributed by atoms with van der Waals surface area (Å²) in [6, 6.07) is 12.8. The number of ether oxygens (including phenoxy) is 1. The van der Waals surface area contributed by atoms with E-state index in [0.717, 1.165) is 5.56 Å². The van der Waals surface area contributed by atoms with Crippen molar-refractivity contribution in [2.45, 2.75) is 0 Å². The van der Waals surface area contributed by atoms with Gasteiger partial charge in [0.15, 0.2) is 18.1 Å². The topological polar surface area (TPSA) is 76.5 Å². The third-order valence-corrected chi connectivity index (χ3v) is 4.57. The van der Waals surface area contributed by atoms with Crippen molar-refractivity contribution in [3.63, 3.8) is 0 Å². The van der Waals surface area contributed by atoms with E-state index in [4.69, 9.17) is 4.74 Å². The van der Waals surface area contributed by atoms with Crippen molar-refractivity contribution < 1.29 is 18.7 Å². The third-order valence-electron chi connectivity index (χ3n) is 4.57. The molecule has 0 saturated heterocycles. The standard InChI is InChI=1S/C20H17FN4O3/c1-24-16-5-3-4-14(19(16)28-11-18(24)26)22-20(27)15-10-17(25(2)23-15)12-6-8-13(21)9-7-12/h3-10H,11H2,1-2H3,(H,22,27). The molecule has 1 N–H and O–H groups in total. The highest BCUT2D eigenvalue weighted by molar-refractivity contribution is 6.06. The van der Waals surface area contributed by atoms with Crippen LogP contribution in [0, 0.1) is 5.82 Å². The molecule has 0 aliphatic carbocycles. The van der Waals surface area contributed by atoms with E-state index in [2.05, 4.69) is 10.4 Å². The van der Waals surface area contributed by atoms with Gasteiger partial charge in [-0.3, -0.25) is 14.3 Å². The van der Waals surface area contributed by atoms with Crippen molar-refractivity contribution >= 4 is 23.2 Å². The molecule has 3 aromatic rings. The zero-order chi connectivity index (χ0) is 19.8. The first kappa shape index (κ1) is 17.7. The zero-order valence-corrected chi connectivity index (χ0v) is 15.3. The Bertz CT molecular complexity index is 1080. The summed E-state index contributed by atoms with van der Waals surface area (Å²) in [5, 5.41) is 7.04. The summed E-state index contributed by atoms with van der Waals surface area (Å²) >= 11 is 0. The highest BCUT2D eigenvalue weighted by Crippen LogP contribution is 2.38. The van der Waals surface area contributed by atoms with Crippen LogP contribution < -0.4 is 15.0 Å². The van der Waals surface area contributed by atoms with E-state index in [1.54, 1.807) is 55.2 Å². The number of hydrogen-bond donors (Lipinski definition) is 1. The number of aromatic nitrogens is 2. The second-order valence-corrected chi connectivity index (χ2v) is 6.39. The lowest BCUT2D eigenvalue weighted by atomic mass is 10.1. The number of carbonyl (C=O) groups excluding carboxylic acids is 2. The lowest BCUT2D eigenvalue weighted by Crippen LogP contribution is -2.35. The smallest absolute Gasteiger partial charge is 0.276 e. The summed E-state index contributed by atoms with van der Waals surface area (Å²) in [7, 11) is 3.37. The van der Waals surface area contributed by atoms with Gasteiger partial charge in [-0.15, -0.1) is 0 Å². The average Bonchev–Trinajstić information content (AvgIpc) is 3.07. The van der Waals surface area contributed by atoms with Crippen molar-refractivity contribution in [1.29, 1.82) is 0 Å². The molecule has 2 amide bonds. The Kier molecular flexibility index (Phi) is 4.31. The fourth-order valence-electron chi connectivity index (χ4n) is 3.06. The van der Waals surface area contributed by atoms with E-state index in [1.807, 2.05) is 0 Å². The van der Waals surface area contributed by atoms with E-state index >= 15 is 0 Å². The molecule has 1 aliphatic heterocycles. The quantitative estimate of drug-likeness (QED) is 0.758. The molecule has 0 fully saturated rings. The van der Waals surface area contributed by atoms with Crippen molar-refractivity contribution in [3.8, 4) is 17.0 Å². The molecule has 1 aliphatic rings. The third kappa shape index (κ3) is 3.09. The molecule has 1 aromatic heterocycles. The van der Waals surface area contributed by atoms with Crippen LogP contribution in [0.3, 0.4) is 0 Å². The molecule has 2 heterocycles. The first-order valence-corrected chi connectivity index (χ1v) is 8.58. The number of para-hydroxylation sites is 1. The van der Waals surface area contributed by atoms with E-state index in [-0.39, 0.29) is 24.0 Å². The fraction of sp³-hybridized carbons (Fsp3) is 0.150. The second kappa shape index (κ2) is 6.80. The largest absolute Gasteiger partial charge is 0.479 e. The lowest BCUT2D eigenvalue weighted by Gasteiger charge is -2.27. The first-order valence-electron chi connectivity index (χ1n) is 8.58. The van der Waals surface area contributed by atoms with Crippen LogP contribution in [-0.4, -0.2) is 35.2 Å². The maximum atomic E-state index is 13.1. The van der Waals surface area contributed by atoms with Crippen LogP contribution in [0.15, 0.2) is 48.5 Å². The van der Waals surface area contributed by atoms with E-state index in [9.17, 15) is 14.0 Å². The van der Waals surface area contributed by atoms with Crippen LogP contribution >= 0.6 is 0 Å². The Morgan fingerprint density at radius 2 is 1.93 bits per heavy atom. The Balaban J connectivity index is 1.61. The van der Waals surface area contributed by atoms with E-state index in [1.165, 1.54) is 17.0 Å². The number of carbonyl (C=O) groups is 2. The van der Waals surface area contributed by atoms with Crippen LogP contribution in [-0.2, 0) is 11.8 Å². The number of halogens is 1. The molecule has 0 saturated carbocycles. The number of benzene rings is 2. The summed E-state index contributed by atoms with van der Waals surface area (Å²) in [4.78, 5) is 26.0. The van der Waals surface area contributed by atoms with Crippen LogP contribution in [0.2, 0.25) is 0 Å². The number of hydrogen-bond acceptors (Lipinski definition) is 4. The molecular weight excluding hydrogens is 363 g/mol. The van der Waals surface area contributed by atoms with Crippen molar-refractivity contribution in [2.24, 2.45) is 7.05 Å². The Morgan fingerprint density at radius 1 is 1.18 bits per heavy atom. The van der Waals surface area contributed by atoms with Crippen LogP contribution in [0.25, 0.3) is 11.3 Å². The maximum absolute atomic E-state index is 13.1. The highest BCUT2D eigenvalue weighted by atomic mass is 19.1. The monoisotopic (exact) mass is 380 g/mol. The number of rotatable bonds is 3. The zero-order valence-electron chi connectivity index (χ0n) is 15.3. The minimum Gasteiger partial charge on any atom is -0.479 e. The van der Waals surface area contributed by atoms with Gasteiger partial charge in [-0.25, -0.2) is 4.39 Å². The van der Waals surface area contributed by atoms with E-state index in [0.29, 0.717) is 22.8 Å². The Morgan fingerprint density at radius 3 is 2.68 bits per heavy atom. The van der Waals surface area contributed by atoms with Gasteiger partial charge in [-0.05, 0) is 48.0 Å². The van der Waals surface area contributed by atoms with Crippen LogP contribution in [0.5, 0.6) is 5.75 Å². The first-order chi connectivity index (χ1) is 13.4. The maximum Gasteiger partial charge on any atom is 0.276 e.